The van der Waals surface area contributed by atoms with Gasteiger partial charge in [-0.3, -0.25) is 0 Å². The molecule has 0 fully saturated rings. The third-order valence-corrected chi connectivity index (χ3v) is 6.42. The minimum absolute atomic E-state index is 0.247. The summed E-state index contributed by atoms with van der Waals surface area (Å²) >= 11 is 0. The summed E-state index contributed by atoms with van der Waals surface area (Å²) < 4.78 is 112. The van der Waals surface area contributed by atoms with Gasteiger partial charge in [-0.25, -0.2) is 22.0 Å². The first-order chi connectivity index (χ1) is 19.9. The second kappa shape index (κ2) is 12.6. The molecule has 0 bridgehead atoms. The number of unbranched alkanes of at least 4 members (excludes halogenated alkanes) is 1. The van der Waals surface area contributed by atoms with Gasteiger partial charge in [-0.2, -0.15) is 8.78 Å². The van der Waals surface area contributed by atoms with E-state index in [1.165, 1.54) is 6.07 Å². The minimum atomic E-state index is -4.64. The summed E-state index contributed by atoms with van der Waals surface area (Å²) in [6, 6.07) is 11.4. The van der Waals surface area contributed by atoms with Gasteiger partial charge >= 0.3 is 6.11 Å². The molecular weight excluding hydrogens is 561 g/mol. The van der Waals surface area contributed by atoms with E-state index in [-0.39, 0.29) is 11.1 Å². The maximum absolute atomic E-state index is 15.1. The Balaban J connectivity index is 1.58. The first-order valence-electron chi connectivity index (χ1n) is 13.0. The molecular formula is C33H25F7O2. The van der Waals surface area contributed by atoms with Gasteiger partial charge < -0.3 is 9.47 Å². The predicted molar refractivity (Wildman–Crippen MR) is 145 cm³/mol. The molecule has 0 amide bonds. The average molecular weight is 587 g/mol. The number of aryl methyl sites for hydroxylation is 1. The highest BCUT2D eigenvalue weighted by Gasteiger charge is 2.41. The van der Waals surface area contributed by atoms with Crippen molar-refractivity contribution < 1.29 is 40.2 Å². The third-order valence-electron chi connectivity index (χ3n) is 6.42. The summed E-state index contributed by atoms with van der Waals surface area (Å²) in [6.07, 6.45) is -2.70. The lowest BCUT2D eigenvalue weighted by Gasteiger charge is -2.20. The molecule has 0 spiro atoms. The number of halogens is 7. The Morgan fingerprint density at radius 2 is 1.33 bits per heavy atom. The smallest absolute Gasteiger partial charge is 0.432 e. The van der Waals surface area contributed by atoms with E-state index in [2.05, 4.69) is 23.5 Å². The SMILES string of the molecule is CCCCOc1ccc(C#Cc2cc(F)c(-c3cc(F)c(C(F)(F)Oc4cc(F)c(C)c(F)c4)c(F)c3)cc2C)cc1. The van der Waals surface area contributed by atoms with Crippen LogP contribution in [0.25, 0.3) is 11.1 Å². The second-order valence-electron chi connectivity index (χ2n) is 9.57. The lowest BCUT2D eigenvalue weighted by atomic mass is 9.97. The van der Waals surface area contributed by atoms with E-state index < -0.39 is 52.1 Å². The largest absolute Gasteiger partial charge is 0.494 e. The number of hydrogen-bond acceptors (Lipinski definition) is 2. The van der Waals surface area contributed by atoms with Crippen molar-refractivity contribution in [2.45, 2.75) is 39.7 Å². The minimum Gasteiger partial charge on any atom is -0.494 e. The zero-order valence-electron chi connectivity index (χ0n) is 22.9. The molecule has 0 atom stereocenters. The van der Waals surface area contributed by atoms with E-state index >= 15 is 4.39 Å². The van der Waals surface area contributed by atoms with Gasteiger partial charge in [-0.15, -0.1) is 0 Å². The Bertz CT molecular complexity index is 1620. The van der Waals surface area contributed by atoms with Crippen LogP contribution in [0.2, 0.25) is 0 Å². The number of benzene rings is 4. The molecule has 0 unspecified atom stereocenters. The van der Waals surface area contributed by atoms with Gasteiger partial charge in [-0.1, -0.05) is 25.2 Å². The normalized spacial score (nSPS) is 11.2. The number of ether oxygens (including phenoxy) is 2. The average Bonchev–Trinajstić information content (AvgIpc) is 2.92. The van der Waals surface area contributed by atoms with Gasteiger partial charge in [0.1, 0.15) is 46.1 Å². The molecule has 4 aromatic rings. The third kappa shape index (κ3) is 6.88. The molecule has 0 aliphatic rings. The standard InChI is InChI=1S/C33H25F7O2/c1-4-5-12-41-24-10-7-21(8-11-24)6-9-22-14-29(36)26(13-19(22)2)23-15-30(37)32(31(38)16-23)33(39,40)42-25-17-27(34)20(3)28(35)18-25/h7-8,10-11,13-18H,4-5,12H2,1-3H3. The topological polar surface area (TPSA) is 18.5 Å². The van der Waals surface area contributed by atoms with Gasteiger partial charge in [0.25, 0.3) is 0 Å². The molecule has 4 rings (SSSR count). The van der Waals surface area contributed by atoms with E-state index in [0.717, 1.165) is 25.8 Å². The monoisotopic (exact) mass is 586 g/mol. The van der Waals surface area contributed by atoms with Crippen LogP contribution in [-0.4, -0.2) is 6.61 Å². The molecule has 0 saturated heterocycles. The molecule has 0 heterocycles. The highest BCUT2D eigenvalue weighted by Crippen LogP contribution is 2.38. The molecule has 0 aliphatic carbocycles. The van der Waals surface area contributed by atoms with Crippen molar-refractivity contribution in [3.05, 3.63) is 118 Å². The van der Waals surface area contributed by atoms with Crippen LogP contribution < -0.4 is 9.47 Å². The van der Waals surface area contributed by atoms with Gasteiger partial charge in [0, 0.05) is 34.4 Å². The highest BCUT2D eigenvalue weighted by molar-refractivity contribution is 5.68. The zero-order valence-corrected chi connectivity index (χ0v) is 22.9. The van der Waals surface area contributed by atoms with E-state index in [1.54, 1.807) is 31.2 Å². The molecule has 9 heteroatoms. The van der Waals surface area contributed by atoms with Crippen LogP contribution in [0.15, 0.2) is 60.7 Å². The fraction of sp³-hybridized carbons (Fsp3) is 0.212. The van der Waals surface area contributed by atoms with Crippen LogP contribution in [0.1, 0.15) is 47.6 Å². The molecule has 0 saturated carbocycles. The molecule has 2 nitrogen and oxygen atoms in total. The Morgan fingerprint density at radius 3 is 1.93 bits per heavy atom. The molecule has 218 valence electrons. The van der Waals surface area contributed by atoms with E-state index in [0.29, 0.717) is 53.3 Å². The van der Waals surface area contributed by atoms with Crippen molar-refractivity contribution in [3.8, 4) is 34.5 Å². The predicted octanol–water partition coefficient (Wildman–Crippen LogP) is 9.37. The van der Waals surface area contributed by atoms with Crippen LogP contribution in [0.4, 0.5) is 30.7 Å². The van der Waals surface area contributed by atoms with Gasteiger partial charge in [0.05, 0.1) is 6.61 Å². The maximum Gasteiger partial charge on any atom is 0.432 e. The first-order valence-corrected chi connectivity index (χ1v) is 13.0. The summed E-state index contributed by atoms with van der Waals surface area (Å²) in [6.45, 7) is 5.36. The van der Waals surface area contributed by atoms with Crippen molar-refractivity contribution in [2.75, 3.05) is 6.61 Å². The zero-order chi connectivity index (χ0) is 30.6. The van der Waals surface area contributed by atoms with Crippen molar-refractivity contribution in [1.82, 2.24) is 0 Å². The van der Waals surface area contributed by atoms with Crippen molar-refractivity contribution in [1.29, 1.82) is 0 Å². The summed E-state index contributed by atoms with van der Waals surface area (Å²) in [5, 5.41) is 0. The summed E-state index contributed by atoms with van der Waals surface area (Å²) in [5.41, 5.74) is -1.40. The molecule has 42 heavy (non-hydrogen) atoms. The lowest BCUT2D eigenvalue weighted by Crippen LogP contribution is -2.25. The first kappa shape index (κ1) is 30.5. The summed E-state index contributed by atoms with van der Waals surface area (Å²) in [4.78, 5) is 0. The second-order valence-corrected chi connectivity index (χ2v) is 9.57. The van der Waals surface area contributed by atoms with Crippen LogP contribution >= 0.6 is 0 Å². The van der Waals surface area contributed by atoms with Crippen molar-refractivity contribution in [2.24, 2.45) is 0 Å². The molecule has 0 aliphatic heterocycles. The van der Waals surface area contributed by atoms with E-state index in [4.69, 9.17) is 4.74 Å². The van der Waals surface area contributed by atoms with Crippen LogP contribution in [0.5, 0.6) is 11.5 Å². The van der Waals surface area contributed by atoms with Gasteiger partial charge in [0.15, 0.2) is 0 Å². The molecule has 0 radical (unpaired) electrons. The van der Waals surface area contributed by atoms with Crippen LogP contribution in [-0.2, 0) is 6.11 Å². The maximum atomic E-state index is 15.1. The fourth-order valence-electron chi connectivity index (χ4n) is 4.03. The number of hydrogen-bond donors (Lipinski definition) is 0. The van der Waals surface area contributed by atoms with Gasteiger partial charge in [0.2, 0.25) is 0 Å². The Labute approximate surface area is 238 Å². The summed E-state index contributed by atoms with van der Waals surface area (Å²) in [7, 11) is 0. The Kier molecular flexibility index (Phi) is 9.15. The number of alkyl halides is 2. The Morgan fingerprint density at radius 1 is 0.714 bits per heavy atom. The Hall–Kier alpha value is -4.45. The summed E-state index contributed by atoms with van der Waals surface area (Å²) in [5.74, 6) is -1.23. The molecule has 0 N–H and O–H groups in total. The van der Waals surface area contributed by atoms with E-state index in [9.17, 15) is 26.3 Å². The van der Waals surface area contributed by atoms with Gasteiger partial charge in [-0.05, 0) is 79.9 Å². The van der Waals surface area contributed by atoms with Crippen molar-refractivity contribution in [3.63, 3.8) is 0 Å². The fourth-order valence-corrected chi connectivity index (χ4v) is 4.03. The van der Waals surface area contributed by atoms with Crippen LogP contribution in [0, 0.1) is 54.8 Å². The van der Waals surface area contributed by atoms with Crippen LogP contribution in [0.3, 0.4) is 0 Å². The quantitative estimate of drug-likeness (QED) is 0.116. The lowest BCUT2D eigenvalue weighted by molar-refractivity contribution is -0.189. The molecule has 0 aromatic heterocycles. The van der Waals surface area contributed by atoms with E-state index in [1.807, 2.05) is 0 Å². The van der Waals surface area contributed by atoms with Crippen molar-refractivity contribution >= 4 is 0 Å². The highest BCUT2D eigenvalue weighted by atomic mass is 19.3. The molecule has 4 aromatic carbocycles. The number of rotatable bonds is 8.